The molecule has 24 heavy (non-hydrogen) atoms. The van der Waals surface area contributed by atoms with E-state index in [0.29, 0.717) is 18.9 Å². The second-order valence-corrected chi connectivity index (χ2v) is 10.0. The second kappa shape index (κ2) is 7.45. The minimum atomic E-state index is -3.34. The summed E-state index contributed by atoms with van der Waals surface area (Å²) in [6.45, 7) is 12.4. The molecule has 140 valence electrons. The highest BCUT2D eigenvalue weighted by Gasteiger charge is 2.42. The van der Waals surface area contributed by atoms with Crippen molar-refractivity contribution >= 4 is 10.0 Å². The molecule has 1 heterocycles. The van der Waals surface area contributed by atoms with E-state index in [-0.39, 0.29) is 23.0 Å². The number of hydrogen-bond acceptors (Lipinski definition) is 6. The van der Waals surface area contributed by atoms with Gasteiger partial charge in [-0.2, -0.15) is 9.52 Å². The number of aromatic nitrogens is 4. The van der Waals surface area contributed by atoms with Crippen molar-refractivity contribution in [2.45, 2.75) is 65.5 Å². The van der Waals surface area contributed by atoms with Crippen LogP contribution in [-0.4, -0.2) is 65.4 Å². The van der Waals surface area contributed by atoms with Gasteiger partial charge in [-0.05, 0) is 25.7 Å². The van der Waals surface area contributed by atoms with Crippen LogP contribution < -0.4 is 0 Å². The van der Waals surface area contributed by atoms with Gasteiger partial charge in [0.1, 0.15) is 0 Å². The Labute approximate surface area is 145 Å². The summed E-state index contributed by atoms with van der Waals surface area (Å²) in [7, 11) is -1.73. The zero-order chi connectivity index (χ0) is 18.8. The predicted octanol–water partition coefficient (Wildman–Crippen LogP) is 1.58. The molecule has 0 bridgehead atoms. The summed E-state index contributed by atoms with van der Waals surface area (Å²) in [5, 5.41) is 14.3. The van der Waals surface area contributed by atoms with Gasteiger partial charge in [0.25, 0.3) is 0 Å². The van der Waals surface area contributed by atoms with Gasteiger partial charge in [0.05, 0.1) is 25.0 Å². The first-order chi connectivity index (χ1) is 10.8. The van der Waals surface area contributed by atoms with Gasteiger partial charge in [0, 0.05) is 12.5 Å². The lowest BCUT2D eigenvalue weighted by Gasteiger charge is -2.42. The largest absolute Gasteiger partial charge is 0.377 e. The van der Waals surface area contributed by atoms with Crippen LogP contribution in [0.3, 0.4) is 0 Å². The van der Waals surface area contributed by atoms with Gasteiger partial charge in [-0.25, -0.2) is 8.42 Å². The molecule has 8 nitrogen and oxygen atoms in total. The van der Waals surface area contributed by atoms with Gasteiger partial charge in [-0.15, -0.1) is 10.2 Å². The predicted molar refractivity (Wildman–Crippen MR) is 93.1 cm³/mol. The first-order valence-corrected chi connectivity index (χ1v) is 9.91. The number of tetrazole rings is 1. The Morgan fingerprint density at radius 2 is 1.83 bits per heavy atom. The van der Waals surface area contributed by atoms with E-state index in [1.807, 2.05) is 41.5 Å². The molecule has 0 aliphatic heterocycles. The van der Waals surface area contributed by atoms with E-state index < -0.39 is 10.0 Å². The third-order valence-corrected chi connectivity index (χ3v) is 5.60. The molecule has 1 unspecified atom stereocenters. The number of rotatable bonds is 9. The Balaban J connectivity index is 3.09. The molecule has 0 radical (unpaired) electrons. The van der Waals surface area contributed by atoms with Crippen LogP contribution in [0.5, 0.6) is 0 Å². The zero-order valence-corrected chi connectivity index (χ0v) is 16.8. The normalized spacial score (nSPS) is 15.2. The molecule has 0 fully saturated rings. The van der Waals surface area contributed by atoms with Gasteiger partial charge in [-0.3, -0.25) is 0 Å². The SMILES string of the molecule is CC(C)OCC(N(C)S(C)(=O)=O)C(C)(C)CC(C)(C)c1nn[nH]n1. The molecule has 1 N–H and O–H groups in total. The fraction of sp³-hybridized carbons (Fsp3) is 0.933. The van der Waals surface area contributed by atoms with Crippen molar-refractivity contribution in [3.8, 4) is 0 Å². The number of aromatic amines is 1. The minimum Gasteiger partial charge on any atom is -0.377 e. The van der Waals surface area contributed by atoms with Crippen molar-refractivity contribution < 1.29 is 13.2 Å². The van der Waals surface area contributed by atoms with Crippen LogP contribution in [0.15, 0.2) is 0 Å². The fourth-order valence-electron chi connectivity index (χ4n) is 3.12. The first kappa shape index (κ1) is 21.0. The van der Waals surface area contributed by atoms with Crippen LogP contribution in [-0.2, 0) is 20.2 Å². The lowest BCUT2D eigenvalue weighted by Crippen LogP contribution is -2.50. The van der Waals surface area contributed by atoms with Crippen LogP contribution in [0.4, 0.5) is 0 Å². The summed E-state index contributed by atoms with van der Waals surface area (Å²) in [6, 6.07) is -0.305. The van der Waals surface area contributed by atoms with Gasteiger partial charge in [-0.1, -0.05) is 32.9 Å². The number of likely N-dealkylation sites (N-methyl/N-ethyl adjacent to an activating group) is 1. The molecule has 9 heteroatoms. The minimum absolute atomic E-state index is 0.0291. The molecule has 0 aliphatic rings. The number of hydrogen-bond donors (Lipinski definition) is 1. The molecule has 0 spiro atoms. The summed E-state index contributed by atoms with van der Waals surface area (Å²) in [4.78, 5) is 0. The van der Waals surface area contributed by atoms with Crippen molar-refractivity contribution in [2.24, 2.45) is 5.41 Å². The summed E-state index contributed by atoms with van der Waals surface area (Å²) in [5.41, 5.74) is -0.720. The monoisotopic (exact) mass is 361 g/mol. The molecule has 1 aromatic rings. The second-order valence-electron chi connectivity index (χ2n) is 7.96. The highest BCUT2D eigenvalue weighted by molar-refractivity contribution is 7.88. The standard InChI is InChI=1S/C15H31N5O3S/c1-11(2)23-9-12(20(7)24(8,21)22)14(3,4)10-15(5,6)13-16-18-19-17-13/h11-12H,9-10H2,1-8H3,(H,16,17,18,19). The van der Waals surface area contributed by atoms with Crippen molar-refractivity contribution in [3.05, 3.63) is 5.82 Å². The van der Waals surface area contributed by atoms with Crippen LogP contribution in [0.1, 0.15) is 53.8 Å². The van der Waals surface area contributed by atoms with Crippen LogP contribution in [0.2, 0.25) is 0 Å². The molecule has 0 amide bonds. The Morgan fingerprint density at radius 1 is 1.25 bits per heavy atom. The molecule has 1 atom stereocenters. The van der Waals surface area contributed by atoms with E-state index in [0.717, 1.165) is 0 Å². The average molecular weight is 362 g/mol. The summed E-state index contributed by atoms with van der Waals surface area (Å²) >= 11 is 0. The quantitative estimate of drug-likeness (QED) is 0.716. The van der Waals surface area contributed by atoms with Crippen molar-refractivity contribution in [1.82, 2.24) is 24.9 Å². The number of H-pyrrole nitrogens is 1. The van der Waals surface area contributed by atoms with Crippen LogP contribution in [0, 0.1) is 5.41 Å². The summed E-state index contributed by atoms with van der Waals surface area (Å²) in [5.74, 6) is 0.612. The van der Waals surface area contributed by atoms with Crippen molar-refractivity contribution in [3.63, 3.8) is 0 Å². The lowest BCUT2D eigenvalue weighted by molar-refractivity contribution is 0.00412. The molecular formula is C15H31N5O3S. The Hall–Kier alpha value is -1.06. The van der Waals surface area contributed by atoms with Gasteiger partial charge >= 0.3 is 0 Å². The van der Waals surface area contributed by atoms with E-state index in [9.17, 15) is 8.42 Å². The number of ether oxygens (including phenoxy) is 1. The lowest BCUT2D eigenvalue weighted by atomic mass is 9.71. The van der Waals surface area contributed by atoms with E-state index in [1.165, 1.54) is 10.6 Å². The summed E-state index contributed by atoms with van der Waals surface area (Å²) in [6.07, 6.45) is 1.92. The van der Waals surface area contributed by atoms with E-state index in [2.05, 4.69) is 20.6 Å². The number of nitrogens with zero attached hydrogens (tertiary/aromatic N) is 4. The third kappa shape index (κ3) is 5.49. The zero-order valence-electron chi connectivity index (χ0n) is 16.0. The molecule has 0 aromatic carbocycles. The Bertz CT molecular complexity index is 611. The van der Waals surface area contributed by atoms with Crippen LogP contribution >= 0.6 is 0 Å². The van der Waals surface area contributed by atoms with Crippen molar-refractivity contribution in [1.29, 1.82) is 0 Å². The van der Waals surface area contributed by atoms with Crippen LogP contribution in [0.25, 0.3) is 0 Å². The average Bonchev–Trinajstić information content (AvgIpc) is 2.89. The van der Waals surface area contributed by atoms with E-state index >= 15 is 0 Å². The Morgan fingerprint density at radius 3 is 2.25 bits per heavy atom. The fourth-order valence-corrected chi connectivity index (χ4v) is 3.93. The maximum absolute atomic E-state index is 12.1. The third-order valence-electron chi connectivity index (χ3n) is 4.30. The molecule has 0 saturated carbocycles. The molecule has 1 aromatic heterocycles. The van der Waals surface area contributed by atoms with E-state index in [1.54, 1.807) is 7.05 Å². The van der Waals surface area contributed by atoms with E-state index in [4.69, 9.17) is 4.74 Å². The topological polar surface area (TPSA) is 101 Å². The highest BCUT2D eigenvalue weighted by Crippen LogP contribution is 2.39. The first-order valence-electron chi connectivity index (χ1n) is 8.06. The molecule has 0 aliphatic carbocycles. The van der Waals surface area contributed by atoms with Gasteiger partial charge in [0.15, 0.2) is 5.82 Å². The van der Waals surface area contributed by atoms with Gasteiger partial charge in [0.2, 0.25) is 10.0 Å². The number of nitrogens with one attached hydrogen (secondary N) is 1. The Kier molecular flexibility index (Phi) is 6.51. The van der Waals surface area contributed by atoms with Gasteiger partial charge < -0.3 is 4.74 Å². The summed E-state index contributed by atoms with van der Waals surface area (Å²) < 4.78 is 31.3. The molecule has 1 rings (SSSR count). The number of sulfonamides is 1. The molecular weight excluding hydrogens is 330 g/mol. The maximum Gasteiger partial charge on any atom is 0.211 e. The maximum atomic E-state index is 12.1. The highest BCUT2D eigenvalue weighted by atomic mass is 32.2. The van der Waals surface area contributed by atoms with Crippen molar-refractivity contribution in [2.75, 3.05) is 19.9 Å². The molecule has 0 saturated heterocycles. The smallest absolute Gasteiger partial charge is 0.211 e.